The van der Waals surface area contributed by atoms with Gasteiger partial charge in [0.1, 0.15) is 0 Å². The third-order valence-corrected chi connectivity index (χ3v) is 2.01. The Kier molecular flexibility index (Phi) is 8.69. The lowest BCUT2D eigenvalue weighted by Crippen LogP contribution is -2.40. The maximum atomic E-state index is 10.2. The molecule has 0 aromatic carbocycles. The summed E-state index contributed by atoms with van der Waals surface area (Å²) in [4.78, 5) is 35.8. The van der Waals surface area contributed by atoms with Crippen molar-refractivity contribution in [2.75, 3.05) is 27.2 Å². The molecule has 7 nitrogen and oxygen atoms in total. The standard InChI is InChI=1S/C8H17NO2.H3O4P/c1-4-9(2,3)7-5-6-8(10)11;1-5(2,3)4/h4-7H2,1-3H3;(H3,1,2,3,4). The largest absolute Gasteiger partial charge is 1.00 e. The minimum atomic E-state index is -5.39. The first-order valence-corrected chi connectivity index (χ1v) is 6.21. The zero-order chi connectivity index (χ0) is 13.4. The van der Waals surface area contributed by atoms with Crippen molar-refractivity contribution in [3.8, 4) is 0 Å². The molecule has 0 bridgehead atoms. The second-order valence-electron chi connectivity index (χ2n) is 3.92. The molecule has 0 unspecified atom stereocenters. The first-order chi connectivity index (χ1) is 6.98. The third-order valence-electron chi connectivity index (χ3n) is 2.01. The first kappa shape index (κ1) is 17.9. The van der Waals surface area contributed by atoms with Crippen molar-refractivity contribution in [3.63, 3.8) is 0 Å². The molecule has 0 aliphatic carbocycles. The molecule has 0 rings (SSSR count). The SMILES string of the molecule is CC[N+](C)(C)CCCC(=O)O.O=P([O-])([O-])[O-].[H+].[H+]. The number of hydrogen-bond acceptors (Lipinski definition) is 5. The lowest BCUT2D eigenvalue weighted by atomic mass is 10.3. The van der Waals surface area contributed by atoms with E-state index in [1.165, 1.54) is 0 Å². The topological polar surface area (TPSA) is 124 Å². The highest BCUT2D eigenvalue weighted by atomic mass is 31.2. The summed E-state index contributed by atoms with van der Waals surface area (Å²) in [6.45, 7) is 4.11. The molecule has 0 fully saturated rings. The smallest absolute Gasteiger partial charge is 0.822 e. The Morgan fingerprint density at radius 3 is 2.00 bits per heavy atom. The number of quaternary nitrogens is 1. The predicted octanol–water partition coefficient (Wildman–Crippen LogP) is -1.65. The average Bonchev–Trinajstić information content (AvgIpc) is 2.00. The Bertz CT molecular complexity index is 250. The predicted molar refractivity (Wildman–Crippen MR) is 54.2 cm³/mol. The summed E-state index contributed by atoms with van der Waals surface area (Å²) in [6.07, 6.45) is 1.07. The van der Waals surface area contributed by atoms with Gasteiger partial charge in [-0.15, -0.1) is 0 Å². The highest BCUT2D eigenvalue weighted by Crippen LogP contribution is 2.03. The van der Waals surface area contributed by atoms with Gasteiger partial charge in [0, 0.05) is 6.42 Å². The summed E-state index contributed by atoms with van der Waals surface area (Å²) in [5, 5.41) is 8.38. The van der Waals surface area contributed by atoms with Crippen LogP contribution in [0.15, 0.2) is 0 Å². The minimum Gasteiger partial charge on any atom is -0.822 e. The summed E-state index contributed by atoms with van der Waals surface area (Å²) >= 11 is 0. The van der Waals surface area contributed by atoms with Crippen LogP contribution in [0.4, 0.5) is 0 Å². The van der Waals surface area contributed by atoms with Gasteiger partial charge in [0.05, 0.1) is 33.6 Å². The molecule has 98 valence electrons. The highest BCUT2D eigenvalue weighted by molar-refractivity contribution is 7.40. The molecule has 0 aromatic heterocycles. The molecule has 16 heavy (non-hydrogen) atoms. The van der Waals surface area contributed by atoms with E-state index >= 15 is 0 Å². The lowest BCUT2D eigenvalue weighted by molar-refractivity contribution is -0.888. The molecular formula is C8H20NO6P. The van der Waals surface area contributed by atoms with Gasteiger partial charge in [0.2, 0.25) is 0 Å². The van der Waals surface area contributed by atoms with Crippen LogP contribution in [0.2, 0.25) is 0 Å². The number of carboxylic acids is 1. The van der Waals surface area contributed by atoms with Crippen molar-refractivity contribution in [3.05, 3.63) is 0 Å². The Labute approximate surface area is 98.1 Å². The maximum absolute atomic E-state index is 10.2. The second-order valence-corrected chi connectivity index (χ2v) is 4.81. The fourth-order valence-corrected chi connectivity index (χ4v) is 0.816. The van der Waals surface area contributed by atoms with E-state index < -0.39 is 13.8 Å². The minimum absolute atomic E-state index is 0. The molecule has 0 atom stereocenters. The van der Waals surface area contributed by atoms with Crippen LogP contribution >= 0.6 is 7.82 Å². The number of phosphoric acid groups is 1. The van der Waals surface area contributed by atoms with Crippen molar-refractivity contribution in [2.45, 2.75) is 19.8 Å². The molecule has 8 heteroatoms. The van der Waals surface area contributed by atoms with Gasteiger partial charge in [-0.2, -0.15) is 7.82 Å². The van der Waals surface area contributed by atoms with Crippen molar-refractivity contribution in [2.24, 2.45) is 0 Å². The van der Waals surface area contributed by atoms with Gasteiger partial charge < -0.3 is 28.8 Å². The van der Waals surface area contributed by atoms with E-state index in [1.54, 1.807) is 0 Å². The number of hydrogen-bond donors (Lipinski definition) is 1. The van der Waals surface area contributed by atoms with E-state index in [0.717, 1.165) is 24.0 Å². The molecular weight excluding hydrogens is 237 g/mol. The molecule has 0 aliphatic heterocycles. The Hall–Kier alpha value is -0.460. The van der Waals surface area contributed by atoms with Crippen molar-refractivity contribution in [1.82, 2.24) is 0 Å². The number of rotatable bonds is 5. The number of carboxylic acid groups (broad SMARTS) is 1. The Morgan fingerprint density at radius 1 is 1.38 bits per heavy atom. The molecule has 0 amide bonds. The Balaban J connectivity index is -0.000000122. The van der Waals surface area contributed by atoms with Gasteiger partial charge in [-0.25, -0.2) is 0 Å². The zero-order valence-electron chi connectivity index (χ0n) is 11.7. The van der Waals surface area contributed by atoms with Gasteiger partial charge in [0.15, 0.2) is 0 Å². The summed E-state index contributed by atoms with van der Waals surface area (Å²) < 4.78 is 9.46. The quantitative estimate of drug-likeness (QED) is 0.464. The van der Waals surface area contributed by atoms with Crippen LogP contribution in [0.25, 0.3) is 0 Å². The van der Waals surface area contributed by atoms with Crippen LogP contribution in [0.1, 0.15) is 22.6 Å². The van der Waals surface area contributed by atoms with Crippen molar-refractivity contribution < 1.29 is 36.5 Å². The van der Waals surface area contributed by atoms with Crippen LogP contribution in [0.3, 0.4) is 0 Å². The third kappa shape index (κ3) is 23.4. The number of aliphatic carboxylic acids is 1. The van der Waals surface area contributed by atoms with Crippen LogP contribution in [-0.4, -0.2) is 42.7 Å². The molecule has 1 N–H and O–H groups in total. The monoisotopic (exact) mass is 257 g/mol. The van der Waals surface area contributed by atoms with E-state index in [4.69, 9.17) is 24.4 Å². The molecule has 0 radical (unpaired) electrons. The molecule has 0 saturated heterocycles. The molecule has 0 heterocycles. The zero-order valence-corrected chi connectivity index (χ0v) is 10.6. The summed E-state index contributed by atoms with van der Waals surface area (Å²) in [7, 11) is -1.16. The van der Waals surface area contributed by atoms with E-state index in [-0.39, 0.29) is 2.85 Å². The van der Waals surface area contributed by atoms with Crippen LogP contribution in [0, 0.1) is 0 Å². The van der Waals surface area contributed by atoms with Crippen molar-refractivity contribution >= 4 is 13.8 Å². The molecule has 0 aliphatic rings. The van der Waals surface area contributed by atoms with E-state index in [9.17, 15) is 4.79 Å². The maximum Gasteiger partial charge on any atom is 1.00 e. The normalized spacial score (nSPS) is 11.6. The fraction of sp³-hybridized carbons (Fsp3) is 0.875. The molecule has 0 saturated carbocycles. The average molecular weight is 257 g/mol. The van der Waals surface area contributed by atoms with Gasteiger partial charge >= 0.3 is 8.82 Å². The van der Waals surface area contributed by atoms with Crippen LogP contribution in [0.5, 0.6) is 0 Å². The highest BCUT2D eigenvalue weighted by Gasteiger charge is 2.11. The summed E-state index contributed by atoms with van der Waals surface area (Å²) in [6, 6.07) is 0. The first-order valence-electron chi connectivity index (χ1n) is 4.75. The van der Waals surface area contributed by atoms with Crippen molar-refractivity contribution in [1.29, 1.82) is 0 Å². The van der Waals surface area contributed by atoms with E-state index in [1.807, 2.05) is 0 Å². The fourth-order valence-electron chi connectivity index (χ4n) is 0.816. The lowest BCUT2D eigenvalue weighted by Gasteiger charge is -2.36. The van der Waals surface area contributed by atoms with Crippen LogP contribution in [-0.2, 0) is 9.36 Å². The molecule has 0 spiro atoms. The van der Waals surface area contributed by atoms with Gasteiger partial charge in [-0.05, 0) is 6.92 Å². The van der Waals surface area contributed by atoms with Crippen LogP contribution < -0.4 is 14.7 Å². The Morgan fingerprint density at radius 2 is 1.75 bits per heavy atom. The summed E-state index contributed by atoms with van der Waals surface area (Å²) in [5.74, 6) is -0.693. The number of carbonyl (C=O) groups is 1. The van der Waals surface area contributed by atoms with Gasteiger partial charge in [-0.1, -0.05) is 0 Å². The van der Waals surface area contributed by atoms with Gasteiger partial charge in [0.25, 0.3) is 0 Å². The molecule has 0 aromatic rings. The van der Waals surface area contributed by atoms with E-state index in [0.29, 0.717) is 6.42 Å². The number of nitrogens with zero attached hydrogens (tertiary/aromatic N) is 1. The summed E-state index contributed by atoms with van der Waals surface area (Å²) in [5.41, 5.74) is 0. The second kappa shape index (κ2) is 7.76. The van der Waals surface area contributed by atoms with E-state index in [2.05, 4.69) is 21.0 Å². The van der Waals surface area contributed by atoms with Gasteiger partial charge in [-0.3, -0.25) is 4.79 Å².